The van der Waals surface area contributed by atoms with Gasteiger partial charge >= 0.3 is 6.36 Å². The fraction of sp³-hybridized carbons (Fsp3) is 0.286. The van der Waals surface area contributed by atoms with Crippen molar-refractivity contribution in [2.75, 3.05) is 0 Å². The van der Waals surface area contributed by atoms with Crippen molar-refractivity contribution in [3.05, 3.63) is 59.6 Å². The normalized spacial score (nSPS) is 12.4. The number of nitrogens with zero attached hydrogens (tertiary/aromatic N) is 7. The summed E-state index contributed by atoms with van der Waals surface area (Å²) in [5.74, 6) is -0.876. The quantitative estimate of drug-likeness (QED) is 0.579. The Bertz CT molecular complexity index is 1300. The molecule has 3 rings (SSSR count). The first kappa shape index (κ1) is 24.1. The number of carbonyl (C=O) groups excluding carboxylic acids is 1. The van der Waals surface area contributed by atoms with Gasteiger partial charge in [0.05, 0.1) is 17.5 Å². The van der Waals surface area contributed by atoms with Crippen LogP contribution in [-0.2, 0) is 5.41 Å². The standard InChI is InChI=1S/C21H17F3N8O2/c1-12(18-29-11-30-32(18)17-7-15(8-25)27-10-28-17)31-19(33)13-4-14(20(2,3)9-26)6-16(5-13)34-21(22,23)24/h4-7,10-12H,1-3H3,(H,31,33)/t12-/m0/s1. The molecule has 174 valence electrons. The van der Waals surface area contributed by atoms with Crippen molar-refractivity contribution in [1.82, 2.24) is 30.0 Å². The second kappa shape index (κ2) is 9.15. The monoisotopic (exact) mass is 470 g/mol. The molecule has 1 atom stereocenters. The third kappa shape index (κ3) is 5.45. The van der Waals surface area contributed by atoms with Gasteiger partial charge in [-0.15, -0.1) is 13.2 Å². The first-order valence-corrected chi connectivity index (χ1v) is 9.69. The molecule has 1 amide bonds. The summed E-state index contributed by atoms with van der Waals surface area (Å²) in [7, 11) is 0. The Morgan fingerprint density at radius 1 is 1.12 bits per heavy atom. The maximum Gasteiger partial charge on any atom is 0.573 e. The molecule has 0 fully saturated rings. The molecule has 0 aliphatic carbocycles. The molecule has 2 heterocycles. The molecule has 0 radical (unpaired) electrons. The van der Waals surface area contributed by atoms with Gasteiger partial charge in [0.2, 0.25) is 0 Å². The predicted molar refractivity (Wildman–Crippen MR) is 109 cm³/mol. The van der Waals surface area contributed by atoms with Gasteiger partial charge in [0.1, 0.15) is 30.2 Å². The number of ether oxygens (including phenoxy) is 1. The van der Waals surface area contributed by atoms with Crippen LogP contribution in [-0.4, -0.2) is 37.0 Å². The van der Waals surface area contributed by atoms with Crippen LogP contribution in [0, 0.1) is 22.7 Å². The number of nitrogens with one attached hydrogen (secondary N) is 1. The summed E-state index contributed by atoms with van der Waals surface area (Å²) in [6.07, 6.45) is -2.59. The minimum absolute atomic E-state index is 0.0947. The molecule has 0 unspecified atom stereocenters. The van der Waals surface area contributed by atoms with Gasteiger partial charge in [-0.25, -0.2) is 15.0 Å². The highest BCUT2D eigenvalue weighted by Crippen LogP contribution is 2.31. The number of benzene rings is 1. The fourth-order valence-electron chi connectivity index (χ4n) is 2.94. The molecular weight excluding hydrogens is 453 g/mol. The minimum Gasteiger partial charge on any atom is -0.406 e. The summed E-state index contributed by atoms with van der Waals surface area (Å²) < 4.78 is 43.7. The number of rotatable bonds is 6. The zero-order valence-electron chi connectivity index (χ0n) is 18.1. The molecule has 0 saturated carbocycles. The van der Waals surface area contributed by atoms with Gasteiger partial charge in [-0.05, 0) is 44.5 Å². The molecule has 0 aliphatic heterocycles. The number of alkyl halides is 3. The Hall–Kier alpha value is -4.52. The van der Waals surface area contributed by atoms with E-state index in [0.717, 1.165) is 12.1 Å². The average Bonchev–Trinajstić information content (AvgIpc) is 3.28. The van der Waals surface area contributed by atoms with Crippen LogP contribution in [0.4, 0.5) is 13.2 Å². The second-order valence-corrected chi connectivity index (χ2v) is 7.63. The number of amides is 1. The Kier molecular flexibility index (Phi) is 6.49. The average molecular weight is 470 g/mol. The first-order chi connectivity index (χ1) is 15.9. The summed E-state index contributed by atoms with van der Waals surface area (Å²) >= 11 is 0. The summed E-state index contributed by atoms with van der Waals surface area (Å²) in [6.45, 7) is 4.59. The van der Waals surface area contributed by atoms with Gasteiger partial charge < -0.3 is 10.1 Å². The third-order valence-corrected chi connectivity index (χ3v) is 4.70. The van der Waals surface area contributed by atoms with Crippen molar-refractivity contribution >= 4 is 5.91 Å². The molecule has 10 nitrogen and oxygen atoms in total. The van der Waals surface area contributed by atoms with Gasteiger partial charge in [0.25, 0.3) is 5.91 Å². The maximum absolute atomic E-state index is 12.9. The number of nitriles is 2. The van der Waals surface area contributed by atoms with Crippen LogP contribution in [0.1, 0.15) is 54.3 Å². The van der Waals surface area contributed by atoms with E-state index in [9.17, 15) is 23.2 Å². The topological polar surface area (TPSA) is 142 Å². The second-order valence-electron chi connectivity index (χ2n) is 7.63. The largest absolute Gasteiger partial charge is 0.573 e. The Morgan fingerprint density at radius 3 is 2.50 bits per heavy atom. The molecule has 0 saturated heterocycles. The van der Waals surface area contributed by atoms with Crippen molar-refractivity contribution in [2.24, 2.45) is 0 Å². The summed E-state index contributed by atoms with van der Waals surface area (Å²) in [5.41, 5.74) is -1.07. The zero-order chi connectivity index (χ0) is 25.1. The molecule has 34 heavy (non-hydrogen) atoms. The van der Waals surface area contributed by atoms with Gasteiger partial charge in [-0.3, -0.25) is 4.79 Å². The van der Waals surface area contributed by atoms with Gasteiger partial charge in [0.15, 0.2) is 11.6 Å². The van der Waals surface area contributed by atoms with E-state index in [1.165, 1.54) is 43.3 Å². The van der Waals surface area contributed by atoms with Crippen molar-refractivity contribution < 1.29 is 22.7 Å². The Labute approximate surface area is 191 Å². The molecule has 2 aromatic heterocycles. The summed E-state index contributed by atoms with van der Waals surface area (Å²) in [4.78, 5) is 24.9. The van der Waals surface area contributed by atoms with E-state index < -0.39 is 29.5 Å². The van der Waals surface area contributed by atoms with E-state index in [4.69, 9.17) is 5.26 Å². The molecule has 13 heteroatoms. The van der Waals surface area contributed by atoms with E-state index in [0.29, 0.717) is 0 Å². The van der Waals surface area contributed by atoms with Gasteiger partial charge in [-0.1, -0.05) is 0 Å². The Morgan fingerprint density at radius 2 is 1.85 bits per heavy atom. The fourth-order valence-corrected chi connectivity index (χ4v) is 2.94. The van der Waals surface area contributed by atoms with Gasteiger partial charge in [0, 0.05) is 11.6 Å². The highest BCUT2D eigenvalue weighted by Gasteiger charge is 2.33. The number of carbonyl (C=O) groups is 1. The van der Waals surface area contributed by atoms with Crippen molar-refractivity contribution in [2.45, 2.75) is 38.6 Å². The van der Waals surface area contributed by atoms with Gasteiger partial charge in [-0.2, -0.15) is 20.3 Å². The lowest BCUT2D eigenvalue weighted by molar-refractivity contribution is -0.274. The zero-order valence-corrected chi connectivity index (χ0v) is 18.1. The molecule has 1 N–H and O–H groups in total. The van der Waals surface area contributed by atoms with Crippen molar-refractivity contribution in [1.29, 1.82) is 10.5 Å². The van der Waals surface area contributed by atoms with Crippen LogP contribution in [0.25, 0.3) is 5.82 Å². The minimum atomic E-state index is -4.98. The van der Waals surface area contributed by atoms with E-state index in [-0.39, 0.29) is 28.5 Å². The highest BCUT2D eigenvalue weighted by atomic mass is 19.4. The molecular formula is C21H17F3N8O2. The van der Waals surface area contributed by atoms with Crippen LogP contribution in [0.2, 0.25) is 0 Å². The third-order valence-electron chi connectivity index (χ3n) is 4.70. The smallest absolute Gasteiger partial charge is 0.406 e. The van der Waals surface area contributed by atoms with E-state index in [2.05, 4.69) is 30.1 Å². The van der Waals surface area contributed by atoms with E-state index >= 15 is 0 Å². The highest BCUT2D eigenvalue weighted by molar-refractivity contribution is 5.95. The number of halogens is 3. The number of hydrogen-bond donors (Lipinski definition) is 1. The van der Waals surface area contributed by atoms with E-state index in [1.54, 1.807) is 6.92 Å². The summed E-state index contributed by atoms with van der Waals surface area (Å²) in [6, 6.07) is 7.79. The predicted octanol–water partition coefficient (Wildman–Crippen LogP) is 3.12. The number of hydrogen-bond acceptors (Lipinski definition) is 8. The van der Waals surface area contributed by atoms with Crippen LogP contribution >= 0.6 is 0 Å². The van der Waals surface area contributed by atoms with Crippen molar-refractivity contribution in [3.63, 3.8) is 0 Å². The van der Waals surface area contributed by atoms with Crippen LogP contribution < -0.4 is 10.1 Å². The SMILES string of the molecule is C[C@H](NC(=O)c1cc(OC(F)(F)F)cc(C(C)(C)C#N)c1)c1ncnn1-c1cc(C#N)ncn1. The lowest BCUT2D eigenvalue weighted by atomic mass is 9.85. The summed E-state index contributed by atoms with van der Waals surface area (Å²) in [5, 5.41) is 25.1. The maximum atomic E-state index is 12.9. The lowest BCUT2D eigenvalue weighted by Crippen LogP contribution is -2.29. The molecule has 0 spiro atoms. The molecule has 3 aromatic rings. The van der Waals surface area contributed by atoms with Crippen LogP contribution in [0.5, 0.6) is 5.75 Å². The molecule has 1 aromatic carbocycles. The van der Waals surface area contributed by atoms with Crippen LogP contribution in [0.15, 0.2) is 36.9 Å². The van der Waals surface area contributed by atoms with E-state index in [1.807, 2.05) is 12.1 Å². The Balaban J connectivity index is 1.92. The first-order valence-electron chi connectivity index (χ1n) is 9.69. The van der Waals surface area contributed by atoms with Crippen LogP contribution in [0.3, 0.4) is 0 Å². The lowest BCUT2D eigenvalue weighted by Gasteiger charge is -2.20. The van der Waals surface area contributed by atoms with Crippen molar-refractivity contribution in [3.8, 4) is 23.7 Å². The molecule has 0 aliphatic rings. The molecule has 0 bridgehead atoms. The number of aromatic nitrogens is 5.